The van der Waals surface area contributed by atoms with E-state index in [-0.39, 0.29) is 21.1 Å². The van der Waals surface area contributed by atoms with E-state index in [2.05, 4.69) is 100 Å². The van der Waals surface area contributed by atoms with Crippen LogP contribution in [0.2, 0.25) is 0 Å². The quantitative estimate of drug-likeness (QED) is 0.128. The van der Waals surface area contributed by atoms with Crippen molar-refractivity contribution in [2.24, 2.45) is 0 Å². The number of fused-ring (bicyclic) bond motifs is 9. The van der Waals surface area contributed by atoms with Crippen molar-refractivity contribution in [3.05, 3.63) is 133 Å². The molecule has 0 saturated heterocycles. The third-order valence-electron chi connectivity index (χ3n) is 8.93. The third-order valence-corrected chi connectivity index (χ3v) is 8.93. The molecule has 7 nitrogen and oxygen atoms in total. The summed E-state index contributed by atoms with van der Waals surface area (Å²) < 4.78 is 10.7. The van der Waals surface area contributed by atoms with E-state index in [4.69, 9.17) is 14.9 Å². The van der Waals surface area contributed by atoms with Gasteiger partial charge >= 0.3 is 21.1 Å². The van der Waals surface area contributed by atoms with Crippen molar-refractivity contribution in [3.63, 3.8) is 0 Å². The average Bonchev–Trinajstić information content (AvgIpc) is 3.69. The second-order valence-electron chi connectivity index (χ2n) is 12.1. The smallest absolute Gasteiger partial charge is 0.478 e. The van der Waals surface area contributed by atoms with Crippen LogP contribution in [0.15, 0.2) is 109 Å². The van der Waals surface area contributed by atoms with Gasteiger partial charge < -0.3 is 13.7 Å². The maximum absolute atomic E-state index is 6.42. The number of ether oxygens (including phenoxy) is 1. The molecule has 0 radical (unpaired) electrons. The van der Waals surface area contributed by atoms with Crippen molar-refractivity contribution in [1.82, 2.24) is 29.1 Å². The third kappa shape index (κ3) is 4.61. The monoisotopic (exact) mass is 803 g/mol. The summed E-state index contributed by atoms with van der Waals surface area (Å²) in [6.45, 7) is 6.55. The molecule has 0 amide bonds. The number of benzene rings is 4. The van der Waals surface area contributed by atoms with Crippen LogP contribution >= 0.6 is 0 Å². The van der Waals surface area contributed by atoms with E-state index in [1.807, 2.05) is 54.7 Å². The number of hydrogen-bond donors (Lipinski definition) is 0. The number of nitrogens with zero attached hydrogens (tertiary/aromatic N) is 6. The van der Waals surface area contributed by atoms with Crippen LogP contribution in [-0.4, -0.2) is 29.1 Å². The van der Waals surface area contributed by atoms with Gasteiger partial charge in [-0.05, 0) is 59.8 Å². The number of rotatable bonds is 5. The van der Waals surface area contributed by atoms with E-state index >= 15 is 0 Å². The SMILES string of the molecule is Cc1ccccc1-c1nnc2c3[c-]c(Oc4[c-]c5c(cn4)c4ccccc4n5-c4ccccn4)ccc3c3c(C(C)C)cccc3n12.[Pt+2]. The summed E-state index contributed by atoms with van der Waals surface area (Å²) in [7, 11) is 0. The number of para-hydroxylation sites is 1. The maximum Gasteiger partial charge on any atom is 2.00 e. The molecule has 0 bridgehead atoms. The Hall–Kier alpha value is -5.39. The second kappa shape index (κ2) is 11.7. The average molecular weight is 804 g/mol. The van der Waals surface area contributed by atoms with Crippen molar-refractivity contribution in [2.45, 2.75) is 26.7 Å². The first kappa shape index (κ1) is 30.0. The molecule has 0 unspecified atom stereocenters. The first-order chi connectivity index (χ1) is 23.1. The fourth-order valence-electron chi connectivity index (χ4n) is 6.77. The van der Waals surface area contributed by atoms with Crippen LogP contribution in [0.25, 0.3) is 66.3 Å². The second-order valence-corrected chi connectivity index (χ2v) is 12.1. The first-order valence-corrected chi connectivity index (χ1v) is 15.7. The molecule has 0 fully saturated rings. The van der Waals surface area contributed by atoms with Crippen LogP contribution in [0, 0.1) is 19.1 Å². The standard InChI is InChI=1S/C40H28N6O.Pt/c1-24(2)27-14-10-16-34-38(27)30-19-18-26(21-31(30)40-44-43-39(46(34)40)28-12-5-4-11-25(28)3)47-37-22-35-32(23-42-37)29-13-6-7-15-33(29)45(35)36-17-8-9-20-41-36;/h4-20,23-24H,1-3H3;/q-2;+2. The molecular weight excluding hydrogens is 776 g/mol. The molecule has 9 aromatic rings. The largest absolute Gasteiger partial charge is 2.00 e. The van der Waals surface area contributed by atoms with E-state index in [0.29, 0.717) is 17.5 Å². The van der Waals surface area contributed by atoms with Crippen molar-refractivity contribution in [1.29, 1.82) is 0 Å². The van der Waals surface area contributed by atoms with E-state index in [9.17, 15) is 0 Å². The fraction of sp³-hybridized carbons (Fsp3) is 0.100. The predicted octanol–water partition coefficient (Wildman–Crippen LogP) is 9.41. The molecule has 48 heavy (non-hydrogen) atoms. The zero-order valence-corrected chi connectivity index (χ0v) is 28.6. The Kier molecular flexibility index (Phi) is 7.30. The molecule has 0 saturated carbocycles. The summed E-state index contributed by atoms with van der Waals surface area (Å²) >= 11 is 0. The van der Waals surface area contributed by atoms with E-state index in [1.165, 1.54) is 5.56 Å². The Labute approximate surface area is 291 Å². The van der Waals surface area contributed by atoms with Crippen molar-refractivity contribution < 1.29 is 25.8 Å². The van der Waals surface area contributed by atoms with Crippen LogP contribution in [0.1, 0.15) is 30.9 Å². The predicted molar refractivity (Wildman–Crippen MR) is 186 cm³/mol. The summed E-state index contributed by atoms with van der Waals surface area (Å²) in [5.41, 5.74) is 7.08. The van der Waals surface area contributed by atoms with Gasteiger partial charge in [0, 0.05) is 28.5 Å². The van der Waals surface area contributed by atoms with Gasteiger partial charge in [-0.25, -0.2) is 4.98 Å². The van der Waals surface area contributed by atoms with Crippen LogP contribution < -0.4 is 4.74 Å². The molecule has 0 atom stereocenters. The summed E-state index contributed by atoms with van der Waals surface area (Å²) in [6, 6.07) is 39.9. The van der Waals surface area contributed by atoms with Gasteiger partial charge in [-0.15, -0.1) is 22.1 Å². The van der Waals surface area contributed by atoms with Crippen LogP contribution in [0.5, 0.6) is 11.6 Å². The molecule has 0 N–H and O–H groups in total. The van der Waals surface area contributed by atoms with Crippen LogP contribution in [0.4, 0.5) is 0 Å². The van der Waals surface area contributed by atoms with Crippen molar-refractivity contribution in [2.75, 3.05) is 0 Å². The Morgan fingerprint density at radius 2 is 1.54 bits per heavy atom. The zero-order valence-electron chi connectivity index (χ0n) is 26.4. The van der Waals surface area contributed by atoms with E-state index in [1.54, 1.807) is 6.20 Å². The molecular formula is C40H28N6OPt. The van der Waals surface area contributed by atoms with Crippen molar-refractivity contribution >= 4 is 49.1 Å². The van der Waals surface area contributed by atoms with Crippen molar-refractivity contribution in [3.8, 4) is 28.8 Å². The Morgan fingerprint density at radius 1 is 0.729 bits per heavy atom. The number of aromatic nitrogens is 6. The fourth-order valence-corrected chi connectivity index (χ4v) is 6.77. The number of hydrogen-bond acceptors (Lipinski definition) is 5. The summed E-state index contributed by atoms with van der Waals surface area (Å²) in [4.78, 5) is 9.31. The minimum atomic E-state index is 0. The van der Waals surface area contributed by atoms with E-state index in [0.717, 1.165) is 71.9 Å². The molecule has 4 aromatic carbocycles. The van der Waals surface area contributed by atoms with Gasteiger partial charge in [-0.3, -0.25) is 4.98 Å². The molecule has 5 heterocycles. The molecule has 0 spiro atoms. The van der Waals surface area contributed by atoms with Gasteiger partial charge in [0.05, 0.1) is 5.65 Å². The summed E-state index contributed by atoms with van der Waals surface area (Å²) in [6.07, 6.45) is 3.64. The van der Waals surface area contributed by atoms with Gasteiger partial charge in [0.25, 0.3) is 0 Å². The minimum absolute atomic E-state index is 0. The molecule has 9 rings (SSSR count). The Morgan fingerprint density at radius 3 is 2.38 bits per heavy atom. The van der Waals surface area contributed by atoms with Crippen LogP contribution in [0.3, 0.4) is 0 Å². The molecule has 0 aliphatic carbocycles. The minimum Gasteiger partial charge on any atom is -0.478 e. The first-order valence-electron chi connectivity index (χ1n) is 15.7. The maximum atomic E-state index is 6.42. The van der Waals surface area contributed by atoms with E-state index < -0.39 is 0 Å². The number of pyridine rings is 3. The Balaban J connectivity index is 0.00000336. The molecule has 0 aliphatic heterocycles. The van der Waals surface area contributed by atoms with Gasteiger partial charge in [-0.1, -0.05) is 103 Å². The topological polar surface area (TPSA) is 70.1 Å². The van der Waals surface area contributed by atoms with Gasteiger partial charge in [-0.2, -0.15) is 11.2 Å². The van der Waals surface area contributed by atoms with Gasteiger partial charge in [0.15, 0.2) is 5.82 Å². The summed E-state index contributed by atoms with van der Waals surface area (Å²) in [5, 5.41) is 14.6. The molecule has 234 valence electrons. The normalized spacial score (nSPS) is 11.7. The zero-order chi connectivity index (χ0) is 31.6. The van der Waals surface area contributed by atoms with Gasteiger partial charge in [0.2, 0.25) is 0 Å². The number of aryl methyl sites for hydroxylation is 1. The van der Waals surface area contributed by atoms with Gasteiger partial charge in [0.1, 0.15) is 11.7 Å². The summed E-state index contributed by atoms with van der Waals surface area (Å²) in [5.74, 6) is 2.77. The molecule has 0 aliphatic rings. The van der Waals surface area contributed by atoms with Crippen LogP contribution in [-0.2, 0) is 21.1 Å². The molecule has 8 heteroatoms. The Bertz CT molecular complexity index is 2660. The molecule has 5 aromatic heterocycles.